The highest BCUT2D eigenvalue weighted by Gasteiger charge is 2.46. The van der Waals surface area contributed by atoms with E-state index in [1.807, 2.05) is 0 Å². The van der Waals surface area contributed by atoms with Crippen LogP contribution in [0.15, 0.2) is 0 Å². The second-order valence-corrected chi connectivity index (χ2v) is 29.5. The van der Waals surface area contributed by atoms with Crippen LogP contribution >= 0.6 is 0 Å². The first-order valence-corrected chi connectivity index (χ1v) is 23.4. The Morgan fingerprint density at radius 3 is 0.913 bits per heavy atom. The predicted octanol–water partition coefficient (Wildman–Crippen LogP) is 5.61. The molecule has 0 fully saturated rings. The molecule has 0 aliphatic heterocycles. The summed E-state index contributed by atoms with van der Waals surface area (Å²) in [4.78, 5) is 0. The molecular formula is C14H40O4Si5. The van der Waals surface area contributed by atoms with Crippen molar-refractivity contribution in [3.8, 4) is 0 Å². The van der Waals surface area contributed by atoms with Crippen molar-refractivity contribution in [3.05, 3.63) is 0 Å². The van der Waals surface area contributed by atoms with Gasteiger partial charge in [0, 0.05) is 0 Å². The van der Waals surface area contributed by atoms with Gasteiger partial charge in [0.2, 0.25) is 0 Å². The van der Waals surface area contributed by atoms with Gasteiger partial charge in [0.15, 0.2) is 16.6 Å². The molecule has 0 aliphatic rings. The van der Waals surface area contributed by atoms with Crippen LogP contribution in [-0.4, -0.2) is 42.3 Å². The molecule has 0 amide bonds. The lowest BCUT2D eigenvalue weighted by molar-refractivity contribution is 0.292. The lowest BCUT2D eigenvalue weighted by Crippen LogP contribution is -2.59. The molecule has 0 spiro atoms. The molecule has 2 atom stereocenters. The minimum absolute atomic E-state index is 0.955. The summed E-state index contributed by atoms with van der Waals surface area (Å²) in [6.45, 7) is 26.4. The zero-order valence-electron chi connectivity index (χ0n) is 17.5. The van der Waals surface area contributed by atoms with Gasteiger partial charge in [-0.25, -0.2) is 0 Å². The maximum Gasteiger partial charge on any atom is 0.315 e. The van der Waals surface area contributed by atoms with Crippen molar-refractivity contribution in [3.63, 3.8) is 0 Å². The van der Waals surface area contributed by atoms with E-state index in [9.17, 15) is 0 Å². The van der Waals surface area contributed by atoms with Gasteiger partial charge >= 0.3 is 25.7 Å². The van der Waals surface area contributed by atoms with E-state index < -0.39 is 42.3 Å². The van der Waals surface area contributed by atoms with Crippen molar-refractivity contribution in [2.75, 3.05) is 0 Å². The van der Waals surface area contributed by atoms with Crippen molar-refractivity contribution in [2.24, 2.45) is 0 Å². The summed E-state index contributed by atoms with van der Waals surface area (Å²) in [6.07, 6.45) is 0. The van der Waals surface area contributed by atoms with E-state index >= 15 is 0 Å². The molecule has 0 aliphatic carbocycles. The van der Waals surface area contributed by atoms with Crippen molar-refractivity contribution in [1.82, 2.24) is 0 Å². The molecule has 0 bridgehead atoms. The molecule has 0 radical (unpaired) electrons. The van der Waals surface area contributed by atoms with Gasteiger partial charge in [-0.1, -0.05) is 13.8 Å². The molecular weight excluding hydrogens is 373 g/mol. The first-order chi connectivity index (χ1) is 9.95. The monoisotopic (exact) mass is 412 g/mol. The smallest absolute Gasteiger partial charge is 0.315 e. The van der Waals surface area contributed by atoms with Crippen LogP contribution in [-0.2, 0) is 16.5 Å². The summed E-state index contributed by atoms with van der Waals surface area (Å²) >= 11 is 0. The maximum atomic E-state index is 6.60. The molecule has 140 valence electrons. The average Bonchev–Trinajstić information content (AvgIpc) is 2.21. The maximum absolute atomic E-state index is 6.60. The Kier molecular flexibility index (Phi) is 8.41. The van der Waals surface area contributed by atoms with Crippen LogP contribution in [0.1, 0.15) is 13.8 Å². The molecule has 23 heavy (non-hydrogen) atoms. The Balaban J connectivity index is 5.16. The molecule has 9 heteroatoms. The van der Waals surface area contributed by atoms with Crippen LogP contribution in [0.25, 0.3) is 0 Å². The minimum Gasteiger partial charge on any atom is -0.437 e. The Morgan fingerprint density at radius 1 is 0.478 bits per heavy atom. The topological polar surface area (TPSA) is 36.9 Å². The van der Waals surface area contributed by atoms with Crippen molar-refractivity contribution in [2.45, 2.75) is 91.4 Å². The van der Waals surface area contributed by atoms with Gasteiger partial charge < -0.3 is 16.5 Å². The van der Waals surface area contributed by atoms with Crippen LogP contribution in [0.5, 0.6) is 0 Å². The summed E-state index contributed by atoms with van der Waals surface area (Å²) < 4.78 is 26.1. The summed E-state index contributed by atoms with van der Waals surface area (Å²) in [5.41, 5.74) is 0. The highest BCUT2D eigenvalue weighted by molar-refractivity contribution is 6.90. The minimum atomic E-state index is -2.30. The second kappa shape index (κ2) is 8.08. The van der Waals surface area contributed by atoms with Crippen LogP contribution in [0.2, 0.25) is 77.6 Å². The first kappa shape index (κ1) is 23.9. The van der Waals surface area contributed by atoms with E-state index in [4.69, 9.17) is 16.5 Å². The SMILES string of the molecule is CC[Si](C)(O[Si](C)(C)C)O[Si](C)(C)O[Si](C)(CC)O[Si](C)(C)C. The molecule has 2 unspecified atom stereocenters. The van der Waals surface area contributed by atoms with E-state index in [1.54, 1.807) is 0 Å². The number of rotatable bonds is 10. The third-order valence-electron chi connectivity index (χ3n) is 3.25. The standard InChI is InChI=1S/C14H40O4Si5/c1-13-22(11,15-19(3,4)5)17-21(9,10)18-23(12,14-2)16-20(6,7)8/h13-14H2,1-12H3. The molecule has 0 rings (SSSR count). The molecule has 0 aromatic rings. The van der Waals surface area contributed by atoms with Crippen LogP contribution in [0, 0.1) is 0 Å². The first-order valence-electron chi connectivity index (χ1n) is 8.75. The van der Waals surface area contributed by atoms with Crippen LogP contribution < -0.4 is 0 Å². The fourth-order valence-electron chi connectivity index (χ4n) is 2.69. The average molecular weight is 413 g/mol. The second-order valence-electron chi connectivity index (χ2n) is 9.01. The Labute approximate surface area is 150 Å². The lowest BCUT2D eigenvalue weighted by Gasteiger charge is -2.43. The molecule has 4 nitrogen and oxygen atoms in total. The normalized spacial score (nSPS) is 19.3. The van der Waals surface area contributed by atoms with Crippen LogP contribution in [0.4, 0.5) is 0 Å². The molecule has 0 saturated carbocycles. The van der Waals surface area contributed by atoms with E-state index in [0.717, 1.165) is 12.1 Å². The molecule has 0 N–H and O–H groups in total. The van der Waals surface area contributed by atoms with Gasteiger partial charge in [-0.3, -0.25) is 0 Å². The van der Waals surface area contributed by atoms with Gasteiger partial charge in [0.05, 0.1) is 0 Å². The van der Waals surface area contributed by atoms with Gasteiger partial charge in [0.1, 0.15) is 0 Å². The summed E-state index contributed by atoms with van der Waals surface area (Å²) in [5, 5.41) is 0. The van der Waals surface area contributed by atoms with Gasteiger partial charge in [-0.15, -0.1) is 0 Å². The molecule has 0 aromatic carbocycles. The fourth-order valence-corrected chi connectivity index (χ4v) is 25.3. The molecule has 0 saturated heterocycles. The predicted molar refractivity (Wildman–Crippen MR) is 113 cm³/mol. The number of hydrogen-bond acceptors (Lipinski definition) is 4. The Bertz CT molecular complexity index is 346. The van der Waals surface area contributed by atoms with E-state index in [2.05, 4.69) is 79.3 Å². The summed E-state index contributed by atoms with van der Waals surface area (Å²) in [7, 11) is -9.93. The summed E-state index contributed by atoms with van der Waals surface area (Å²) in [6, 6.07) is 1.91. The molecule has 0 aromatic heterocycles. The van der Waals surface area contributed by atoms with Gasteiger partial charge in [-0.05, 0) is 77.6 Å². The Hall–Kier alpha value is 0.924. The largest absolute Gasteiger partial charge is 0.437 e. The van der Waals surface area contributed by atoms with Crippen molar-refractivity contribution < 1.29 is 16.5 Å². The van der Waals surface area contributed by atoms with Gasteiger partial charge in [0.25, 0.3) is 0 Å². The van der Waals surface area contributed by atoms with E-state index in [-0.39, 0.29) is 0 Å². The molecule has 0 heterocycles. The fraction of sp³-hybridized carbons (Fsp3) is 1.00. The zero-order valence-corrected chi connectivity index (χ0v) is 22.5. The van der Waals surface area contributed by atoms with Crippen molar-refractivity contribution >= 4 is 42.3 Å². The lowest BCUT2D eigenvalue weighted by atomic mass is 11.0. The highest BCUT2D eigenvalue weighted by Crippen LogP contribution is 2.29. The third-order valence-corrected chi connectivity index (χ3v) is 21.6. The van der Waals surface area contributed by atoms with E-state index in [1.165, 1.54) is 0 Å². The van der Waals surface area contributed by atoms with Crippen molar-refractivity contribution in [1.29, 1.82) is 0 Å². The quantitative estimate of drug-likeness (QED) is 0.437. The zero-order chi connectivity index (χ0) is 18.7. The number of hydrogen-bond donors (Lipinski definition) is 0. The van der Waals surface area contributed by atoms with Gasteiger partial charge in [-0.2, -0.15) is 0 Å². The highest BCUT2D eigenvalue weighted by atomic mass is 28.5. The van der Waals surface area contributed by atoms with Crippen LogP contribution in [0.3, 0.4) is 0 Å². The summed E-state index contributed by atoms with van der Waals surface area (Å²) in [5.74, 6) is 0. The Morgan fingerprint density at radius 2 is 0.739 bits per heavy atom. The third kappa shape index (κ3) is 10.5. The van der Waals surface area contributed by atoms with E-state index in [0.29, 0.717) is 0 Å².